The summed E-state index contributed by atoms with van der Waals surface area (Å²) in [5.74, 6) is -1.01. The topological polar surface area (TPSA) is 77.9 Å². The van der Waals surface area contributed by atoms with Crippen molar-refractivity contribution in [2.45, 2.75) is 24.0 Å². The molecule has 1 fully saturated rings. The van der Waals surface area contributed by atoms with Gasteiger partial charge in [-0.05, 0) is 25.1 Å². The Kier molecular flexibility index (Phi) is 5.21. The number of carboxylic acids is 1. The number of carboxylic acid groups (broad SMARTS) is 1. The molecule has 1 N–H and O–H groups in total. The lowest BCUT2D eigenvalue weighted by Crippen LogP contribution is -2.53. The fourth-order valence-corrected chi connectivity index (χ4v) is 3.94. The van der Waals surface area contributed by atoms with Crippen LogP contribution in [-0.2, 0) is 21.0 Å². The standard InChI is InChI=1S/C14H17F3N2O4S/c1-10(13(20)21)18-5-7-19(8-6-18)24(22,23)12-4-2-3-11(9-12)14(15,16)17/h2-4,9-10H,5-8H2,1H3,(H,20,21). The average Bonchev–Trinajstić information content (AvgIpc) is 2.53. The Bertz CT molecular complexity index is 713. The van der Waals surface area contributed by atoms with Crippen LogP contribution in [0.4, 0.5) is 13.2 Å². The molecule has 0 aliphatic carbocycles. The number of sulfonamides is 1. The molecular weight excluding hydrogens is 349 g/mol. The Morgan fingerprint density at radius 3 is 2.29 bits per heavy atom. The Labute approximate surface area is 137 Å². The van der Waals surface area contributed by atoms with Crippen molar-refractivity contribution in [3.05, 3.63) is 29.8 Å². The minimum atomic E-state index is -4.62. The highest BCUT2D eigenvalue weighted by molar-refractivity contribution is 7.89. The van der Waals surface area contributed by atoms with Crippen molar-refractivity contribution in [1.82, 2.24) is 9.21 Å². The van der Waals surface area contributed by atoms with Crippen molar-refractivity contribution >= 4 is 16.0 Å². The van der Waals surface area contributed by atoms with Gasteiger partial charge in [0.1, 0.15) is 6.04 Å². The highest BCUT2D eigenvalue weighted by Gasteiger charge is 2.35. The van der Waals surface area contributed by atoms with Crippen molar-refractivity contribution in [2.75, 3.05) is 26.2 Å². The molecular formula is C14H17F3N2O4S. The van der Waals surface area contributed by atoms with Gasteiger partial charge in [0.2, 0.25) is 10.0 Å². The van der Waals surface area contributed by atoms with Crippen LogP contribution in [-0.4, -0.2) is 60.9 Å². The third kappa shape index (κ3) is 3.87. The molecule has 0 amide bonds. The molecule has 0 saturated carbocycles. The molecule has 1 aliphatic heterocycles. The zero-order valence-electron chi connectivity index (χ0n) is 12.8. The summed E-state index contributed by atoms with van der Waals surface area (Å²) in [5, 5.41) is 8.96. The molecule has 1 unspecified atom stereocenters. The van der Waals surface area contributed by atoms with Gasteiger partial charge < -0.3 is 5.11 Å². The number of halogens is 3. The molecule has 2 rings (SSSR count). The van der Waals surface area contributed by atoms with E-state index in [1.54, 1.807) is 4.90 Å². The molecule has 1 saturated heterocycles. The summed E-state index contributed by atoms with van der Waals surface area (Å²) in [6, 6.07) is 2.85. The predicted octanol–water partition coefficient (Wildman–Crippen LogP) is 1.48. The molecule has 0 aromatic heterocycles. The van der Waals surface area contributed by atoms with E-state index in [0.29, 0.717) is 6.07 Å². The summed E-state index contributed by atoms with van der Waals surface area (Å²) in [7, 11) is -4.05. The fourth-order valence-electron chi connectivity index (χ4n) is 2.47. The first-order chi connectivity index (χ1) is 11.0. The molecule has 1 aliphatic rings. The molecule has 1 aromatic carbocycles. The lowest BCUT2D eigenvalue weighted by atomic mass is 10.2. The Morgan fingerprint density at radius 1 is 1.21 bits per heavy atom. The summed E-state index contributed by atoms with van der Waals surface area (Å²) >= 11 is 0. The number of alkyl halides is 3. The van der Waals surface area contributed by atoms with E-state index in [9.17, 15) is 26.4 Å². The van der Waals surface area contributed by atoms with Crippen molar-refractivity contribution in [3.8, 4) is 0 Å². The van der Waals surface area contributed by atoms with Crippen LogP contribution in [0.25, 0.3) is 0 Å². The second-order valence-corrected chi connectivity index (χ2v) is 7.42. The smallest absolute Gasteiger partial charge is 0.416 e. The van der Waals surface area contributed by atoms with Crippen LogP contribution >= 0.6 is 0 Å². The number of carbonyl (C=O) groups is 1. The van der Waals surface area contributed by atoms with Crippen molar-refractivity contribution < 1.29 is 31.5 Å². The van der Waals surface area contributed by atoms with Crippen LogP contribution in [0.5, 0.6) is 0 Å². The van der Waals surface area contributed by atoms with Crippen LogP contribution in [0.3, 0.4) is 0 Å². The second kappa shape index (κ2) is 6.69. The summed E-state index contributed by atoms with van der Waals surface area (Å²) in [5.41, 5.74) is -1.03. The third-order valence-corrected chi connectivity index (χ3v) is 5.87. The first-order valence-electron chi connectivity index (χ1n) is 7.18. The van der Waals surface area contributed by atoms with Gasteiger partial charge in [-0.25, -0.2) is 8.42 Å². The van der Waals surface area contributed by atoms with Gasteiger partial charge in [0, 0.05) is 26.2 Å². The van der Waals surface area contributed by atoms with Gasteiger partial charge in [-0.1, -0.05) is 6.07 Å². The third-order valence-electron chi connectivity index (χ3n) is 3.98. The minimum absolute atomic E-state index is 0.0240. The largest absolute Gasteiger partial charge is 0.480 e. The average molecular weight is 366 g/mol. The Hall–Kier alpha value is -1.65. The van der Waals surface area contributed by atoms with E-state index in [4.69, 9.17) is 5.11 Å². The molecule has 0 radical (unpaired) electrons. The molecule has 10 heteroatoms. The number of benzene rings is 1. The van der Waals surface area contributed by atoms with Gasteiger partial charge in [0.15, 0.2) is 0 Å². The molecule has 0 bridgehead atoms. The van der Waals surface area contributed by atoms with Crippen LogP contribution < -0.4 is 0 Å². The number of hydrogen-bond donors (Lipinski definition) is 1. The predicted molar refractivity (Wildman–Crippen MR) is 78.9 cm³/mol. The summed E-state index contributed by atoms with van der Waals surface area (Å²) in [6.07, 6.45) is -4.62. The van der Waals surface area contributed by atoms with E-state index in [1.807, 2.05) is 0 Å². The van der Waals surface area contributed by atoms with Gasteiger partial charge >= 0.3 is 12.1 Å². The SMILES string of the molecule is CC(C(=O)O)N1CCN(S(=O)(=O)c2cccc(C(F)(F)F)c2)CC1. The van der Waals surface area contributed by atoms with E-state index in [-0.39, 0.29) is 26.2 Å². The van der Waals surface area contributed by atoms with Crippen molar-refractivity contribution in [3.63, 3.8) is 0 Å². The van der Waals surface area contributed by atoms with E-state index >= 15 is 0 Å². The molecule has 0 spiro atoms. The number of nitrogens with zero attached hydrogens (tertiary/aromatic N) is 2. The van der Waals surface area contributed by atoms with E-state index < -0.39 is 38.7 Å². The van der Waals surface area contributed by atoms with Gasteiger partial charge in [0.05, 0.1) is 10.5 Å². The van der Waals surface area contributed by atoms with Crippen LogP contribution in [0.2, 0.25) is 0 Å². The van der Waals surface area contributed by atoms with Crippen molar-refractivity contribution in [2.24, 2.45) is 0 Å². The summed E-state index contributed by atoms with van der Waals surface area (Å²) in [6.45, 7) is 1.95. The van der Waals surface area contributed by atoms with Crippen LogP contribution in [0.1, 0.15) is 12.5 Å². The van der Waals surface area contributed by atoms with Gasteiger partial charge in [0.25, 0.3) is 0 Å². The molecule has 1 atom stereocenters. The maximum Gasteiger partial charge on any atom is 0.416 e. The van der Waals surface area contributed by atoms with Gasteiger partial charge in [-0.3, -0.25) is 9.69 Å². The first-order valence-corrected chi connectivity index (χ1v) is 8.62. The highest BCUT2D eigenvalue weighted by atomic mass is 32.2. The molecule has 1 heterocycles. The highest BCUT2D eigenvalue weighted by Crippen LogP contribution is 2.31. The zero-order valence-corrected chi connectivity index (χ0v) is 13.6. The van der Waals surface area contributed by atoms with Gasteiger partial charge in [-0.15, -0.1) is 0 Å². The summed E-state index contributed by atoms with van der Waals surface area (Å²) in [4.78, 5) is 12.1. The number of hydrogen-bond acceptors (Lipinski definition) is 4. The lowest BCUT2D eigenvalue weighted by Gasteiger charge is -2.35. The zero-order chi connectivity index (χ0) is 18.1. The van der Waals surface area contributed by atoms with E-state index in [1.165, 1.54) is 6.92 Å². The molecule has 1 aromatic rings. The van der Waals surface area contributed by atoms with E-state index in [0.717, 1.165) is 22.5 Å². The monoisotopic (exact) mass is 366 g/mol. The second-order valence-electron chi connectivity index (χ2n) is 5.48. The maximum atomic E-state index is 12.7. The first kappa shape index (κ1) is 18.7. The molecule has 24 heavy (non-hydrogen) atoms. The maximum absolute atomic E-state index is 12.7. The number of aliphatic carboxylic acids is 1. The van der Waals surface area contributed by atoms with Crippen LogP contribution in [0, 0.1) is 0 Å². The number of piperazine rings is 1. The Balaban J connectivity index is 2.17. The summed E-state index contributed by atoms with van der Waals surface area (Å²) < 4.78 is 64.3. The number of rotatable bonds is 4. The van der Waals surface area contributed by atoms with E-state index in [2.05, 4.69) is 0 Å². The normalized spacial score (nSPS) is 19.2. The van der Waals surface area contributed by atoms with Gasteiger partial charge in [-0.2, -0.15) is 17.5 Å². The lowest BCUT2D eigenvalue weighted by molar-refractivity contribution is -0.143. The van der Waals surface area contributed by atoms with Crippen LogP contribution in [0.15, 0.2) is 29.2 Å². The van der Waals surface area contributed by atoms with Crippen molar-refractivity contribution in [1.29, 1.82) is 0 Å². The quantitative estimate of drug-likeness (QED) is 0.874. The minimum Gasteiger partial charge on any atom is -0.480 e. The molecule has 6 nitrogen and oxygen atoms in total. The molecule has 134 valence electrons. The fraction of sp³-hybridized carbons (Fsp3) is 0.500. The Morgan fingerprint density at radius 2 is 1.79 bits per heavy atom.